The van der Waals surface area contributed by atoms with Gasteiger partial charge >= 0.3 is 0 Å². The standard InChI is InChI=1S/C39H29Cl3/c1-24-10-8-12-28(22-24)37-38(32-15-5-4-11-25(32)2)35(27-18-20-30(40)21-19-27)26(3)36(29-13-9-14-31(41)23-29)39(37)33-16-6-7-17-34(33)42/h4-23H,1-3H3. The SMILES string of the molecule is Cc1cccc(-c2c(-c3ccccc3C)c(-c3ccc(Cl)cc3)c(C)c(-c3cccc(Cl)c3)c2-c2ccccc2Cl)c1. The van der Waals surface area contributed by atoms with Gasteiger partial charge in [0, 0.05) is 20.6 Å². The van der Waals surface area contributed by atoms with Crippen molar-refractivity contribution in [3.8, 4) is 55.6 Å². The minimum absolute atomic E-state index is 0.685. The van der Waals surface area contributed by atoms with E-state index in [0.717, 1.165) is 50.1 Å². The van der Waals surface area contributed by atoms with Crippen LogP contribution in [-0.4, -0.2) is 0 Å². The van der Waals surface area contributed by atoms with Gasteiger partial charge in [-0.2, -0.15) is 0 Å². The first kappa shape index (κ1) is 28.3. The summed E-state index contributed by atoms with van der Waals surface area (Å²) in [5, 5.41) is 2.09. The third-order valence-electron chi connectivity index (χ3n) is 7.86. The molecule has 0 spiro atoms. The first-order chi connectivity index (χ1) is 20.3. The van der Waals surface area contributed by atoms with Gasteiger partial charge in [0.25, 0.3) is 0 Å². The molecule has 0 bridgehead atoms. The Morgan fingerprint density at radius 2 is 1.00 bits per heavy atom. The van der Waals surface area contributed by atoms with Crippen LogP contribution in [0.15, 0.2) is 121 Å². The number of rotatable bonds is 5. The van der Waals surface area contributed by atoms with Crippen LogP contribution in [-0.2, 0) is 0 Å². The quantitative estimate of drug-likeness (QED) is 0.184. The molecule has 0 aliphatic heterocycles. The van der Waals surface area contributed by atoms with Gasteiger partial charge in [0.05, 0.1) is 0 Å². The second-order valence-electron chi connectivity index (χ2n) is 10.7. The van der Waals surface area contributed by atoms with E-state index in [-0.39, 0.29) is 0 Å². The highest BCUT2D eigenvalue weighted by atomic mass is 35.5. The van der Waals surface area contributed by atoms with Gasteiger partial charge in [-0.05, 0) is 112 Å². The van der Waals surface area contributed by atoms with Crippen molar-refractivity contribution in [1.82, 2.24) is 0 Å². The van der Waals surface area contributed by atoms with Gasteiger partial charge in [-0.3, -0.25) is 0 Å². The fourth-order valence-corrected chi connectivity index (χ4v) is 6.55. The van der Waals surface area contributed by atoms with E-state index in [9.17, 15) is 0 Å². The summed E-state index contributed by atoms with van der Waals surface area (Å²) in [7, 11) is 0. The van der Waals surface area contributed by atoms with Gasteiger partial charge in [-0.1, -0.05) is 131 Å². The summed E-state index contributed by atoms with van der Waals surface area (Å²) < 4.78 is 0. The maximum Gasteiger partial charge on any atom is 0.0484 e. The molecule has 0 radical (unpaired) electrons. The minimum Gasteiger partial charge on any atom is -0.0843 e. The van der Waals surface area contributed by atoms with Crippen LogP contribution in [0.25, 0.3) is 55.6 Å². The van der Waals surface area contributed by atoms with Crippen LogP contribution in [0, 0.1) is 20.8 Å². The Morgan fingerprint density at radius 3 is 1.67 bits per heavy atom. The third kappa shape index (κ3) is 5.27. The van der Waals surface area contributed by atoms with Gasteiger partial charge < -0.3 is 0 Å². The molecule has 0 unspecified atom stereocenters. The monoisotopic (exact) mass is 602 g/mol. The van der Waals surface area contributed by atoms with Crippen LogP contribution in [0.3, 0.4) is 0 Å². The molecule has 0 aliphatic rings. The third-order valence-corrected chi connectivity index (χ3v) is 8.68. The molecule has 0 N–H and O–H groups in total. The molecule has 0 nitrogen and oxygen atoms in total. The average molecular weight is 604 g/mol. The molecule has 6 rings (SSSR count). The van der Waals surface area contributed by atoms with E-state index in [2.05, 4.69) is 99.6 Å². The van der Waals surface area contributed by atoms with Gasteiger partial charge in [0.1, 0.15) is 0 Å². The van der Waals surface area contributed by atoms with Crippen LogP contribution in [0.2, 0.25) is 15.1 Å². The minimum atomic E-state index is 0.685. The predicted octanol–water partition coefficient (Wildman–Crippen LogP) is 12.9. The Labute approximate surface area is 263 Å². The maximum atomic E-state index is 7.06. The van der Waals surface area contributed by atoms with E-state index in [1.165, 1.54) is 22.3 Å². The van der Waals surface area contributed by atoms with E-state index in [0.29, 0.717) is 15.1 Å². The van der Waals surface area contributed by atoms with E-state index >= 15 is 0 Å². The Hall–Kier alpha value is -3.81. The fraction of sp³-hybridized carbons (Fsp3) is 0.0769. The molecular weight excluding hydrogens is 575 g/mol. The summed E-state index contributed by atoms with van der Waals surface area (Å²) in [5.74, 6) is 0. The molecule has 0 saturated heterocycles. The van der Waals surface area contributed by atoms with Crippen LogP contribution in [0.5, 0.6) is 0 Å². The summed E-state index contributed by atoms with van der Waals surface area (Å²) in [6.45, 7) is 6.52. The average Bonchev–Trinajstić information content (AvgIpc) is 2.98. The Morgan fingerprint density at radius 1 is 0.405 bits per heavy atom. The number of hydrogen-bond acceptors (Lipinski definition) is 0. The molecule has 0 aliphatic carbocycles. The lowest BCUT2D eigenvalue weighted by molar-refractivity contribution is 1.40. The van der Waals surface area contributed by atoms with Crippen molar-refractivity contribution >= 4 is 34.8 Å². The Kier molecular flexibility index (Phi) is 7.97. The number of benzene rings is 6. The van der Waals surface area contributed by atoms with Crippen molar-refractivity contribution in [2.24, 2.45) is 0 Å². The van der Waals surface area contributed by atoms with Crippen molar-refractivity contribution < 1.29 is 0 Å². The summed E-state index contributed by atoms with van der Waals surface area (Å²) in [4.78, 5) is 0. The first-order valence-corrected chi connectivity index (χ1v) is 15.1. The molecule has 0 fully saturated rings. The molecule has 42 heavy (non-hydrogen) atoms. The predicted molar refractivity (Wildman–Crippen MR) is 183 cm³/mol. The van der Waals surface area contributed by atoms with Crippen molar-refractivity contribution in [3.05, 3.63) is 153 Å². The zero-order valence-electron chi connectivity index (χ0n) is 23.7. The van der Waals surface area contributed by atoms with Crippen LogP contribution >= 0.6 is 34.8 Å². The zero-order valence-corrected chi connectivity index (χ0v) is 25.9. The van der Waals surface area contributed by atoms with Crippen molar-refractivity contribution in [2.45, 2.75) is 20.8 Å². The summed E-state index contributed by atoms with van der Waals surface area (Å²) in [6, 6.07) is 41.7. The van der Waals surface area contributed by atoms with Crippen LogP contribution in [0.1, 0.15) is 16.7 Å². The van der Waals surface area contributed by atoms with Crippen LogP contribution < -0.4 is 0 Å². The summed E-state index contributed by atoms with van der Waals surface area (Å²) in [5.41, 5.74) is 14.6. The number of hydrogen-bond donors (Lipinski definition) is 0. The highest BCUT2D eigenvalue weighted by molar-refractivity contribution is 6.34. The normalized spacial score (nSPS) is 11.1. The zero-order chi connectivity index (χ0) is 29.4. The highest BCUT2D eigenvalue weighted by Gasteiger charge is 2.28. The van der Waals surface area contributed by atoms with Gasteiger partial charge in [0.2, 0.25) is 0 Å². The lowest BCUT2D eigenvalue weighted by Gasteiger charge is -2.28. The second-order valence-corrected chi connectivity index (χ2v) is 12.0. The molecule has 0 saturated carbocycles. The molecule has 3 heteroatoms. The van der Waals surface area contributed by atoms with E-state index in [1.807, 2.05) is 42.5 Å². The molecule has 0 heterocycles. The molecule has 0 amide bonds. The van der Waals surface area contributed by atoms with Crippen molar-refractivity contribution in [2.75, 3.05) is 0 Å². The summed E-state index contributed by atoms with van der Waals surface area (Å²) >= 11 is 20.1. The topological polar surface area (TPSA) is 0 Å². The summed E-state index contributed by atoms with van der Waals surface area (Å²) in [6.07, 6.45) is 0. The van der Waals surface area contributed by atoms with Crippen molar-refractivity contribution in [1.29, 1.82) is 0 Å². The maximum absolute atomic E-state index is 7.06. The molecular formula is C39H29Cl3. The molecule has 206 valence electrons. The second kappa shape index (κ2) is 11.8. The Balaban J connectivity index is 1.94. The Bertz CT molecular complexity index is 1930. The van der Waals surface area contributed by atoms with Crippen LogP contribution in [0.4, 0.5) is 0 Å². The van der Waals surface area contributed by atoms with Crippen molar-refractivity contribution in [3.63, 3.8) is 0 Å². The van der Waals surface area contributed by atoms with E-state index < -0.39 is 0 Å². The highest BCUT2D eigenvalue weighted by Crippen LogP contribution is 2.54. The van der Waals surface area contributed by atoms with E-state index in [4.69, 9.17) is 34.8 Å². The van der Waals surface area contributed by atoms with Gasteiger partial charge in [-0.25, -0.2) is 0 Å². The number of aryl methyl sites for hydroxylation is 2. The molecule has 6 aromatic carbocycles. The number of halogens is 3. The smallest absolute Gasteiger partial charge is 0.0484 e. The largest absolute Gasteiger partial charge is 0.0843 e. The molecule has 0 atom stereocenters. The lowest BCUT2D eigenvalue weighted by Crippen LogP contribution is -2.03. The lowest BCUT2D eigenvalue weighted by atomic mass is 9.75. The fourth-order valence-electron chi connectivity index (χ4n) is 6.00. The van der Waals surface area contributed by atoms with Gasteiger partial charge in [0.15, 0.2) is 0 Å². The molecule has 0 aromatic heterocycles. The molecule has 6 aromatic rings. The van der Waals surface area contributed by atoms with E-state index in [1.54, 1.807) is 0 Å². The first-order valence-electron chi connectivity index (χ1n) is 13.9. The van der Waals surface area contributed by atoms with Gasteiger partial charge in [-0.15, -0.1) is 0 Å².